The van der Waals surface area contributed by atoms with Crippen molar-refractivity contribution in [2.24, 2.45) is 0 Å². The first-order valence-corrected chi connectivity index (χ1v) is 10.7. The van der Waals surface area contributed by atoms with E-state index in [-0.39, 0.29) is 12.5 Å². The fourth-order valence-corrected chi connectivity index (χ4v) is 3.76. The number of rotatable bonds is 7. The second-order valence-corrected chi connectivity index (χ2v) is 7.77. The maximum Gasteiger partial charge on any atom is 0.331 e. The molecule has 1 aliphatic heterocycles. The molecule has 0 spiro atoms. The van der Waals surface area contributed by atoms with E-state index in [1.807, 2.05) is 47.8 Å². The average molecular weight is 436 g/mol. The topological polar surface area (TPSA) is 65.1 Å². The third-order valence-corrected chi connectivity index (χ3v) is 5.44. The summed E-state index contributed by atoms with van der Waals surface area (Å²) in [5, 5.41) is 1.95. The van der Waals surface area contributed by atoms with Crippen molar-refractivity contribution in [3.8, 4) is 11.5 Å². The Bertz CT molecular complexity index is 1060. The van der Waals surface area contributed by atoms with Crippen molar-refractivity contribution in [3.63, 3.8) is 0 Å². The fourth-order valence-electron chi connectivity index (χ4n) is 3.07. The van der Waals surface area contributed by atoms with E-state index in [1.165, 1.54) is 6.08 Å². The van der Waals surface area contributed by atoms with Gasteiger partial charge in [-0.15, -0.1) is 11.3 Å². The molecule has 0 N–H and O–H groups in total. The quantitative estimate of drug-likeness (QED) is 0.409. The smallest absolute Gasteiger partial charge is 0.331 e. The van der Waals surface area contributed by atoms with E-state index in [1.54, 1.807) is 40.5 Å². The number of hydrogen-bond donors (Lipinski definition) is 0. The van der Waals surface area contributed by atoms with E-state index >= 15 is 0 Å². The van der Waals surface area contributed by atoms with Gasteiger partial charge in [0, 0.05) is 22.7 Å². The largest absolute Gasteiger partial charge is 0.486 e. The van der Waals surface area contributed by atoms with Crippen molar-refractivity contribution in [3.05, 3.63) is 82.6 Å². The van der Waals surface area contributed by atoms with Gasteiger partial charge in [0.2, 0.25) is 0 Å². The molecule has 0 bridgehead atoms. The summed E-state index contributed by atoms with van der Waals surface area (Å²) >= 11 is 1.55. The first kappa shape index (κ1) is 20.7. The Morgan fingerprint density at radius 1 is 1.00 bits per heavy atom. The SMILES string of the molecule is O=C(/C=C/c1ccccc1)OCC(=O)N(Cc1cccs1)c1ccc2c(c1)OCCO2. The third-order valence-electron chi connectivity index (χ3n) is 4.58. The minimum Gasteiger partial charge on any atom is -0.486 e. The number of thiophene rings is 1. The Morgan fingerprint density at radius 2 is 1.81 bits per heavy atom. The molecule has 0 fully saturated rings. The van der Waals surface area contributed by atoms with Gasteiger partial charge in [-0.25, -0.2) is 4.79 Å². The summed E-state index contributed by atoms with van der Waals surface area (Å²) in [5.74, 6) is 0.341. The van der Waals surface area contributed by atoms with Gasteiger partial charge < -0.3 is 19.1 Å². The number of fused-ring (bicyclic) bond motifs is 1. The Hall–Kier alpha value is -3.58. The van der Waals surface area contributed by atoms with Crippen LogP contribution in [0.4, 0.5) is 5.69 Å². The number of anilines is 1. The summed E-state index contributed by atoms with van der Waals surface area (Å²) in [6.45, 7) is 0.961. The standard InChI is InChI=1S/C24H21NO5S/c26-23(17-30-24(27)11-8-18-5-2-1-3-6-18)25(16-20-7-4-14-31-20)19-9-10-21-22(15-19)29-13-12-28-21/h1-11,14-15H,12-13,16-17H2/b11-8+. The number of benzene rings is 2. The number of nitrogens with zero attached hydrogens (tertiary/aromatic N) is 1. The van der Waals surface area contributed by atoms with E-state index in [9.17, 15) is 9.59 Å². The number of hydrogen-bond acceptors (Lipinski definition) is 6. The lowest BCUT2D eigenvalue weighted by Gasteiger charge is -2.25. The fraction of sp³-hybridized carbons (Fsp3) is 0.167. The molecule has 31 heavy (non-hydrogen) atoms. The average Bonchev–Trinajstić information content (AvgIpc) is 3.33. The minimum absolute atomic E-state index is 0.327. The van der Waals surface area contributed by atoms with Crippen LogP contribution in [0.3, 0.4) is 0 Å². The Balaban J connectivity index is 1.45. The van der Waals surface area contributed by atoms with E-state index < -0.39 is 5.97 Å². The summed E-state index contributed by atoms with van der Waals surface area (Å²) in [4.78, 5) is 27.6. The molecule has 7 heteroatoms. The molecule has 0 atom stereocenters. The number of carbonyl (C=O) groups excluding carboxylic acids is 2. The molecular formula is C24H21NO5S. The monoisotopic (exact) mass is 435 g/mol. The van der Waals surface area contributed by atoms with Crippen LogP contribution >= 0.6 is 11.3 Å². The van der Waals surface area contributed by atoms with Crippen LogP contribution in [0.25, 0.3) is 6.08 Å². The zero-order chi connectivity index (χ0) is 21.5. The Morgan fingerprint density at radius 3 is 2.58 bits per heavy atom. The molecule has 2 heterocycles. The molecule has 1 aromatic heterocycles. The van der Waals surface area contributed by atoms with Gasteiger partial charge in [-0.2, -0.15) is 0 Å². The lowest BCUT2D eigenvalue weighted by Crippen LogP contribution is -2.34. The lowest BCUT2D eigenvalue weighted by atomic mass is 10.2. The van der Waals surface area contributed by atoms with Gasteiger partial charge in [0.05, 0.1) is 6.54 Å². The summed E-state index contributed by atoms with van der Waals surface area (Å²) in [6, 6.07) is 18.7. The van der Waals surface area contributed by atoms with Crippen LogP contribution in [0.1, 0.15) is 10.4 Å². The maximum atomic E-state index is 13.0. The van der Waals surface area contributed by atoms with Crippen LogP contribution in [0.2, 0.25) is 0 Å². The molecule has 0 saturated heterocycles. The highest BCUT2D eigenvalue weighted by atomic mass is 32.1. The van der Waals surface area contributed by atoms with Gasteiger partial charge in [-0.3, -0.25) is 4.79 Å². The number of amides is 1. The summed E-state index contributed by atoms with van der Waals surface area (Å²) < 4.78 is 16.4. The number of ether oxygens (including phenoxy) is 3. The highest BCUT2D eigenvalue weighted by Crippen LogP contribution is 2.34. The third kappa shape index (κ3) is 5.52. The van der Waals surface area contributed by atoms with Crippen LogP contribution in [0, 0.1) is 0 Å². The van der Waals surface area contributed by atoms with Crippen molar-refractivity contribution < 1.29 is 23.8 Å². The van der Waals surface area contributed by atoms with Gasteiger partial charge >= 0.3 is 5.97 Å². The van der Waals surface area contributed by atoms with E-state index in [0.717, 1.165) is 10.4 Å². The lowest BCUT2D eigenvalue weighted by molar-refractivity contribution is -0.142. The van der Waals surface area contributed by atoms with Crippen molar-refractivity contribution in [2.75, 3.05) is 24.7 Å². The van der Waals surface area contributed by atoms with Crippen molar-refractivity contribution in [2.45, 2.75) is 6.54 Å². The minimum atomic E-state index is -0.574. The van der Waals surface area contributed by atoms with E-state index in [4.69, 9.17) is 14.2 Å². The molecule has 0 aliphatic carbocycles. The molecule has 0 saturated carbocycles. The predicted octanol–water partition coefficient (Wildman–Crippen LogP) is 4.31. The Labute approximate surface area is 184 Å². The number of carbonyl (C=O) groups is 2. The molecule has 0 radical (unpaired) electrons. The molecule has 1 amide bonds. The zero-order valence-electron chi connectivity index (χ0n) is 16.7. The van der Waals surface area contributed by atoms with Gasteiger partial charge in [-0.1, -0.05) is 36.4 Å². The molecule has 158 valence electrons. The summed E-state index contributed by atoms with van der Waals surface area (Å²) in [5.41, 5.74) is 1.53. The van der Waals surface area contributed by atoms with Crippen molar-refractivity contribution in [1.82, 2.24) is 0 Å². The molecule has 3 aromatic rings. The highest BCUT2D eigenvalue weighted by molar-refractivity contribution is 7.09. The van der Waals surface area contributed by atoms with Gasteiger partial charge in [0.25, 0.3) is 5.91 Å². The van der Waals surface area contributed by atoms with Crippen molar-refractivity contribution >= 4 is 35.0 Å². The molecule has 2 aromatic carbocycles. The predicted molar refractivity (Wildman–Crippen MR) is 119 cm³/mol. The van der Waals surface area contributed by atoms with Crippen LogP contribution in [0.5, 0.6) is 11.5 Å². The zero-order valence-corrected chi connectivity index (χ0v) is 17.5. The number of esters is 1. The van der Waals surface area contributed by atoms with Gasteiger partial charge in [0.15, 0.2) is 18.1 Å². The Kier molecular flexibility index (Phi) is 6.64. The van der Waals surface area contributed by atoms with Gasteiger partial charge in [0.1, 0.15) is 13.2 Å². The first-order valence-electron chi connectivity index (χ1n) is 9.81. The second-order valence-electron chi connectivity index (χ2n) is 6.74. The maximum absolute atomic E-state index is 13.0. The highest BCUT2D eigenvalue weighted by Gasteiger charge is 2.21. The van der Waals surface area contributed by atoms with Gasteiger partial charge in [-0.05, 0) is 35.2 Å². The normalized spacial score (nSPS) is 12.5. The molecule has 4 rings (SSSR count). The molecule has 0 unspecified atom stereocenters. The first-order chi connectivity index (χ1) is 15.2. The van der Waals surface area contributed by atoms with Crippen LogP contribution < -0.4 is 14.4 Å². The molecule has 6 nitrogen and oxygen atoms in total. The second kappa shape index (κ2) is 9.95. The summed E-state index contributed by atoms with van der Waals surface area (Å²) in [7, 11) is 0. The van der Waals surface area contributed by atoms with E-state index in [0.29, 0.717) is 36.9 Å². The van der Waals surface area contributed by atoms with E-state index in [2.05, 4.69) is 0 Å². The molecule has 1 aliphatic rings. The van der Waals surface area contributed by atoms with Crippen molar-refractivity contribution in [1.29, 1.82) is 0 Å². The van der Waals surface area contributed by atoms with Crippen LogP contribution in [-0.2, 0) is 20.9 Å². The van der Waals surface area contributed by atoms with Crippen LogP contribution in [-0.4, -0.2) is 31.7 Å². The molecular weight excluding hydrogens is 414 g/mol. The summed E-state index contributed by atoms with van der Waals surface area (Å²) in [6.07, 6.45) is 2.97. The van der Waals surface area contributed by atoms with Crippen LogP contribution in [0.15, 0.2) is 72.1 Å².